The molecule has 0 spiro atoms. The lowest BCUT2D eigenvalue weighted by Crippen LogP contribution is -2.49. The third kappa shape index (κ3) is 4.32. The Labute approximate surface area is 152 Å². The maximum absolute atomic E-state index is 13.0. The molecule has 0 atom stereocenters. The van der Waals surface area contributed by atoms with Crippen LogP contribution in [0.2, 0.25) is 5.02 Å². The number of benzene rings is 2. The van der Waals surface area contributed by atoms with Crippen molar-refractivity contribution in [3.8, 4) is 0 Å². The molecule has 0 bridgehead atoms. The van der Waals surface area contributed by atoms with Gasteiger partial charge in [0.25, 0.3) is 0 Å². The molecule has 7 heteroatoms. The Bertz CT molecular complexity index is 848. The Hall–Kier alpha value is -1.63. The normalized spacial score (nSPS) is 16.2. The highest BCUT2D eigenvalue weighted by molar-refractivity contribution is 7.88. The zero-order valence-electron chi connectivity index (χ0n) is 14.0. The molecule has 2 aromatic carbocycles. The summed E-state index contributed by atoms with van der Waals surface area (Å²) in [5, 5.41) is 0.696. The van der Waals surface area contributed by atoms with Gasteiger partial charge in [-0.3, -0.25) is 0 Å². The Balaban J connectivity index is 1.65. The van der Waals surface area contributed by atoms with Gasteiger partial charge in [0.15, 0.2) is 0 Å². The molecule has 3 rings (SSSR count). The first kappa shape index (κ1) is 18.2. The van der Waals surface area contributed by atoms with Gasteiger partial charge in [0.05, 0.1) is 5.75 Å². The summed E-state index contributed by atoms with van der Waals surface area (Å²) >= 11 is 6.00. The molecule has 1 saturated heterocycles. The van der Waals surface area contributed by atoms with Crippen LogP contribution in [0.1, 0.15) is 11.1 Å². The summed E-state index contributed by atoms with van der Waals surface area (Å²) in [6.45, 7) is 4.13. The number of rotatable bonds is 4. The predicted octanol–water partition coefficient (Wildman–Crippen LogP) is 3.44. The van der Waals surface area contributed by atoms with E-state index in [1.807, 2.05) is 25.1 Å². The fourth-order valence-corrected chi connectivity index (χ4v) is 4.81. The topological polar surface area (TPSA) is 40.6 Å². The molecule has 0 unspecified atom stereocenters. The van der Waals surface area contributed by atoms with Crippen molar-refractivity contribution in [2.45, 2.75) is 12.7 Å². The van der Waals surface area contributed by atoms with Gasteiger partial charge in [0, 0.05) is 36.9 Å². The van der Waals surface area contributed by atoms with Crippen LogP contribution in [-0.4, -0.2) is 38.9 Å². The summed E-state index contributed by atoms with van der Waals surface area (Å²) in [4.78, 5) is 2.18. The Kier molecular flexibility index (Phi) is 5.32. The summed E-state index contributed by atoms with van der Waals surface area (Å²) in [5.41, 5.74) is 2.76. The highest BCUT2D eigenvalue weighted by atomic mass is 35.5. The summed E-state index contributed by atoms with van der Waals surface area (Å²) in [5.74, 6) is -0.471. The summed E-state index contributed by atoms with van der Waals surface area (Å²) < 4.78 is 39.7. The number of halogens is 2. The van der Waals surface area contributed by atoms with Crippen molar-refractivity contribution in [1.82, 2.24) is 4.31 Å². The van der Waals surface area contributed by atoms with E-state index in [0.717, 1.165) is 11.3 Å². The molecule has 0 aliphatic carbocycles. The van der Waals surface area contributed by atoms with Crippen molar-refractivity contribution < 1.29 is 12.8 Å². The smallest absolute Gasteiger partial charge is 0.218 e. The summed E-state index contributed by atoms with van der Waals surface area (Å²) in [7, 11) is -3.41. The highest BCUT2D eigenvalue weighted by Crippen LogP contribution is 2.25. The molecule has 1 fully saturated rings. The third-order valence-corrected chi connectivity index (χ3v) is 6.48. The van der Waals surface area contributed by atoms with Crippen LogP contribution in [0.5, 0.6) is 0 Å². The number of aryl methyl sites for hydroxylation is 1. The number of nitrogens with zero attached hydrogens (tertiary/aromatic N) is 2. The van der Waals surface area contributed by atoms with Gasteiger partial charge in [0.2, 0.25) is 10.0 Å². The van der Waals surface area contributed by atoms with Crippen molar-refractivity contribution in [1.29, 1.82) is 0 Å². The molecule has 0 radical (unpaired) electrons. The van der Waals surface area contributed by atoms with Crippen LogP contribution in [0.25, 0.3) is 0 Å². The molecule has 0 N–H and O–H groups in total. The average molecular weight is 383 g/mol. The van der Waals surface area contributed by atoms with Gasteiger partial charge < -0.3 is 4.90 Å². The van der Waals surface area contributed by atoms with E-state index in [0.29, 0.717) is 36.8 Å². The second-order valence-corrected chi connectivity index (χ2v) is 8.60. The quantitative estimate of drug-likeness (QED) is 0.813. The lowest BCUT2D eigenvalue weighted by Gasteiger charge is -2.36. The van der Waals surface area contributed by atoms with E-state index in [-0.39, 0.29) is 11.6 Å². The first-order valence-electron chi connectivity index (χ1n) is 8.08. The van der Waals surface area contributed by atoms with Crippen LogP contribution in [0, 0.1) is 12.7 Å². The van der Waals surface area contributed by atoms with Crippen LogP contribution >= 0.6 is 11.6 Å². The monoisotopic (exact) mass is 382 g/mol. The Morgan fingerprint density at radius 3 is 2.28 bits per heavy atom. The Morgan fingerprint density at radius 1 is 1.04 bits per heavy atom. The van der Waals surface area contributed by atoms with Gasteiger partial charge in [-0.1, -0.05) is 23.7 Å². The minimum Gasteiger partial charge on any atom is -0.369 e. The zero-order chi connectivity index (χ0) is 18.0. The van der Waals surface area contributed by atoms with E-state index in [2.05, 4.69) is 4.90 Å². The van der Waals surface area contributed by atoms with E-state index in [9.17, 15) is 12.8 Å². The molecule has 25 heavy (non-hydrogen) atoms. The van der Waals surface area contributed by atoms with Crippen LogP contribution in [0.15, 0.2) is 42.5 Å². The molecule has 4 nitrogen and oxygen atoms in total. The number of piperazine rings is 1. The van der Waals surface area contributed by atoms with Crippen molar-refractivity contribution in [2.75, 3.05) is 31.1 Å². The minimum absolute atomic E-state index is 0.104. The fourth-order valence-electron chi connectivity index (χ4n) is 3.06. The molecule has 0 amide bonds. The zero-order valence-corrected chi connectivity index (χ0v) is 15.5. The molecule has 0 saturated carbocycles. The lowest BCUT2D eigenvalue weighted by atomic mass is 10.1. The first-order chi connectivity index (χ1) is 11.8. The summed E-state index contributed by atoms with van der Waals surface area (Å²) in [6, 6.07) is 11.3. The van der Waals surface area contributed by atoms with Gasteiger partial charge in [-0.15, -0.1) is 0 Å². The van der Waals surface area contributed by atoms with Gasteiger partial charge in [-0.2, -0.15) is 4.31 Å². The molecule has 0 aromatic heterocycles. The van der Waals surface area contributed by atoms with Crippen LogP contribution in [0.4, 0.5) is 10.1 Å². The second-order valence-electron chi connectivity index (χ2n) is 6.20. The van der Waals surface area contributed by atoms with Gasteiger partial charge in [-0.05, 0) is 48.4 Å². The van der Waals surface area contributed by atoms with Crippen molar-refractivity contribution in [3.05, 3.63) is 64.4 Å². The minimum atomic E-state index is -3.41. The van der Waals surface area contributed by atoms with Crippen LogP contribution in [0.3, 0.4) is 0 Å². The maximum Gasteiger partial charge on any atom is 0.218 e. The number of anilines is 1. The largest absolute Gasteiger partial charge is 0.369 e. The van der Waals surface area contributed by atoms with Gasteiger partial charge in [-0.25, -0.2) is 12.8 Å². The average Bonchev–Trinajstić information content (AvgIpc) is 2.57. The van der Waals surface area contributed by atoms with E-state index >= 15 is 0 Å². The van der Waals surface area contributed by atoms with Gasteiger partial charge >= 0.3 is 0 Å². The van der Waals surface area contributed by atoms with E-state index in [4.69, 9.17) is 11.6 Å². The highest BCUT2D eigenvalue weighted by Gasteiger charge is 2.27. The van der Waals surface area contributed by atoms with Crippen molar-refractivity contribution >= 4 is 27.3 Å². The first-order valence-corrected chi connectivity index (χ1v) is 10.1. The Morgan fingerprint density at radius 2 is 1.68 bits per heavy atom. The number of hydrogen-bond donors (Lipinski definition) is 0. The van der Waals surface area contributed by atoms with Crippen molar-refractivity contribution in [3.63, 3.8) is 0 Å². The molecule has 1 aliphatic heterocycles. The SMILES string of the molecule is Cc1cc(Cl)ccc1N1CCN(S(=O)(=O)Cc2ccc(F)cc2)CC1. The maximum atomic E-state index is 13.0. The molecule has 2 aromatic rings. The van der Waals surface area contributed by atoms with Crippen molar-refractivity contribution in [2.24, 2.45) is 0 Å². The molecular weight excluding hydrogens is 363 g/mol. The number of sulfonamides is 1. The fraction of sp³-hybridized carbons (Fsp3) is 0.333. The van der Waals surface area contributed by atoms with Crippen LogP contribution < -0.4 is 4.90 Å². The van der Waals surface area contributed by atoms with Crippen LogP contribution in [-0.2, 0) is 15.8 Å². The predicted molar refractivity (Wildman–Crippen MR) is 99.0 cm³/mol. The second kappa shape index (κ2) is 7.32. The summed E-state index contributed by atoms with van der Waals surface area (Å²) in [6.07, 6.45) is 0. The van der Waals surface area contributed by atoms with E-state index in [1.165, 1.54) is 28.6 Å². The molecule has 134 valence electrons. The molecule has 1 aliphatic rings. The van der Waals surface area contributed by atoms with E-state index < -0.39 is 10.0 Å². The number of hydrogen-bond acceptors (Lipinski definition) is 3. The van der Waals surface area contributed by atoms with E-state index in [1.54, 1.807) is 0 Å². The lowest BCUT2D eigenvalue weighted by molar-refractivity contribution is 0.384. The van der Waals surface area contributed by atoms with Gasteiger partial charge in [0.1, 0.15) is 5.82 Å². The standard InChI is InChI=1S/C18H20ClFN2O2S/c1-14-12-16(19)4-7-18(14)21-8-10-22(11-9-21)25(23,24)13-15-2-5-17(20)6-3-15/h2-7,12H,8-11,13H2,1H3. The third-order valence-electron chi connectivity index (χ3n) is 4.39. The molecule has 1 heterocycles. The molecular formula is C18H20ClFN2O2S.